The first-order chi connectivity index (χ1) is 10.9. The molecule has 4 nitrogen and oxygen atoms in total. The molecule has 0 radical (unpaired) electrons. The van der Waals surface area contributed by atoms with Crippen LogP contribution in [-0.4, -0.2) is 42.9 Å². The van der Waals surface area contributed by atoms with Crippen LogP contribution < -0.4 is 0 Å². The number of rotatable bonds is 1. The molecule has 0 unspecified atom stereocenters. The van der Waals surface area contributed by atoms with E-state index in [2.05, 4.69) is 61.7 Å². The normalized spacial score (nSPS) is 14.0. The Hall–Kier alpha value is -1.85. The van der Waals surface area contributed by atoms with E-state index in [1.165, 1.54) is 24.0 Å². The van der Waals surface area contributed by atoms with Crippen LogP contribution in [0.2, 0.25) is 0 Å². The minimum Gasteiger partial charge on any atom is -0.741 e. The zero-order valence-electron chi connectivity index (χ0n) is 13.5. The van der Waals surface area contributed by atoms with Crippen molar-refractivity contribution in [1.29, 1.82) is 0 Å². The monoisotopic (exact) mass is 361 g/mol. The Labute approximate surface area is 139 Å². The van der Waals surface area contributed by atoms with Crippen LogP contribution >= 0.6 is 0 Å². The lowest BCUT2D eigenvalue weighted by Gasteiger charge is -2.08. The second-order valence-electron chi connectivity index (χ2n) is 5.55. The lowest BCUT2D eigenvalue weighted by molar-refractivity contribution is -0.462. The molecule has 0 saturated heterocycles. The molecular weight excluding hydrogens is 343 g/mol. The summed E-state index contributed by atoms with van der Waals surface area (Å²) in [5.74, 6) is 7.29. The zero-order chi connectivity index (χ0) is 18.5. The minimum atomic E-state index is -6.09. The third kappa shape index (κ3) is 6.72. The van der Waals surface area contributed by atoms with Gasteiger partial charge in [-0.25, -0.2) is 13.0 Å². The first-order valence-corrected chi connectivity index (χ1v) is 8.47. The summed E-state index contributed by atoms with van der Waals surface area (Å²) in [5, 5.41) is 0. The van der Waals surface area contributed by atoms with E-state index in [1.807, 2.05) is 0 Å². The van der Waals surface area contributed by atoms with E-state index in [0.717, 1.165) is 5.71 Å². The molecule has 0 atom stereocenters. The van der Waals surface area contributed by atoms with Gasteiger partial charge in [-0.2, -0.15) is 13.2 Å². The summed E-state index contributed by atoms with van der Waals surface area (Å²) >= 11 is 0. The van der Waals surface area contributed by atoms with Gasteiger partial charge >= 0.3 is 5.51 Å². The minimum absolute atomic E-state index is 0.653. The van der Waals surface area contributed by atoms with Gasteiger partial charge in [-0.05, 0) is 31.9 Å². The Morgan fingerprint density at radius 2 is 1.67 bits per heavy atom. The molecule has 0 aliphatic heterocycles. The maximum Gasteiger partial charge on any atom is 0.485 e. The van der Waals surface area contributed by atoms with E-state index in [4.69, 9.17) is 13.0 Å². The molecule has 8 heteroatoms. The van der Waals surface area contributed by atoms with Crippen LogP contribution in [0, 0.1) is 24.7 Å². The fourth-order valence-corrected chi connectivity index (χ4v) is 1.55. The number of hydrogen-bond acceptors (Lipinski definition) is 3. The molecular formula is C16H18F3NO3S. The van der Waals surface area contributed by atoms with Crippen molar-refractivity contribution >= 4 is 15.8 Å². The van der Waals surface area contributed by atoms with Crippen molar-refractivity contribution in [3.05, 3.63) is 35.4 Å². The zero-order valence-corrected chi connectivity index (χ0v) is 14.3. The molecule has 1 aliphatic carbocycles. The third-order valence-electron chi connectivity index (χ3n) is 3.03. The number of benzene rings is 1. The van der Waals surface area contributed by atoms with Crippen molar-refractivity contribution in [2.24, 2.45) is 5.92 Å². The summed E-state index contributed by atoms with van der Waals surface area (Å²) in [4.78, 5) is 0. The van der Waals surface area contributed by atoms with Crippen LogP contribution in [0.25, 0.3) is 0 Å². The van der Waals surface area contributed by atoms with E-state index >= 15 is 0 Å². The second kappa shape index (κ2) is 7.81. The summed E-state index contributed by atoms with van der Waals surface area (Å²) in [5.41, 5.74) is -2.03. The van der Waals surface area contributed by atoms with Crippen molar-refractivity contribution in [1.82, 2.24) is 0 Å². The van der Waals surface area contributed by atoms with Gasteiger partial charge in [0.15, 0.2) is 10.1 Å². The molecule has 1 aromatic rings. The van der Waals surface area contributed by atoms with Crippen molar-refractivity contribution in [2.75, 3.05) is 14.1 Å². The number of alkyl halides is 3. The van der Waals surface area contributed by atoms with E-state index in [9.17, 15) is 13.2 Å². The molecule has 0 spiro atoms. The summed E-state index contributed by atoms with van der Waals surface area (Å²) < 4.78 is 61.0. The average molecular weight is 361 g/mol. The van der Waals surface area contributed by atoms with Crippen molar-refractivity contribution in [2.45, 2.75) is 25.3 Å². The fraction of sp³-hybridized carbons (Fsp3) is 0.438. The molecule has 1 aromatic carbocycles. The molecule has 0 aromatic heterocycles. The van der Waals surface area contributed by atoms with Gasteiger partial charge < -0.3 is 4.55 Å². The van der Waals surface area contributed by atoms with Gasteiger partial charge in [-0.15, -0.1) is 0 Å². The Kier molecular flexibility index (Phi) is 6.58. The molecule has 0 N–H and O–H groups in total. The fourth-order valence-electron chi connectivity index (χ4n) is 1.55. The standard InChI is InChI=1S/C15H18N.CHF3O3S/c1-12-4-9-14(10-5-12)15(16(2)3)11-8-13-6-7-13;2-1(3,4)8(5,6)7/h4-5,9-10,13H,6-7H2,1-3H3;(H,5,6,7)/q+1;/p-1. The second-order valence-corrected chi connectivity index (χ2v) is 6.92. The largest absolute Gasteiger partial charge is 0.741 e. The van der Waals surface area contributed by atoms with Crippen LogP contribution in [0.4, 0.5) is 13.2 Å². The first-order valence-electron chi connectivity index (χ1n) is 7.07. The van der Waals surface area contributed by atoms with Crippen LogP contribution in [0.15, 0.2) is 24.3 Å². The summed E-state index contributed by atoms with van der Waals surface area (Å²) in [6.45, 7) is 2.11. The van der Waals surface area contributed by atoms with Gasteiger partial charge in [-0.1, -0.05) is 23.6 Å². The lowest BCUT2D eigenvalue weighted by Crippen LogP contribution is -2.21. The lowest BCUT2D eigenvalue weighted by atomic mass is 10.1. The van der Waals surface area contributed by atoms with E-state index in [1.54, 1.807) is 0 Å². The van der Waals surface area contributed by atoms with Gasteiger partial charge in [0.1, 0.15) is 14.1 Å². The van der Waals surface area contributed by atoms with Crippen LogP contribution in [0.5, 0.6) is 0 Å². The Balaban J connectivity index is 0.000000307. The van der Waals surface area contributed by atoms with E-state index < -0.39 is 15.6 Å². The molecule has 1 aliphatic rings. The highest BCUT2D eigenvalue weighted by Gasteiger charge is 2.36. The number of aryl methyl sites for hydroxylation is 1. The Morgan fingerprint density at radius 1 is 1.21 bits per heavy atom. The number of hydrogen-bond donors (Lipinski definition) is 0. The molecule has 1 fully saturated rings. The quantitative estimate of drug-likeness (QED) is 0.254. The predicted octanol–water partition coefficient (Wildman–Crippen LogP) is 2.52. The highest BCUT2D eigenvalue weighted by Crippen LogP contribution is 2.27. The third-order valence-corrected chi connectivity index (χ3v) is 3.59. The molecule has 0 amide bonds. The van der Waals surface area contributed by atoms with Crippen molar-refractivity contribution in [3.63, 3.8) is 0 Å². The average Bonchev–Trinajstić information content (AvgIpc) is 3.23. The van der Waals surface area contributed by atoms with Gasteiger partial charge in [0.2, 0.25) is 0 Å². The number of halogens is 3. The molecule has 2 rings (SSSR count). The molecule has 0 bridgehead atoms. The summed E-state index contributed by atoms with van der Waals surface area (Å²) in [6.07, 6.45) is 2.56. The Bertz CT molecular complexity index is 762. The predicted molar refractivity (Wildman–Crippen MR) is 83.6 cm³/mol. The van der Waals surface area contributed by atoms with E-state index in [-0.39, 0.29) is 0 Å². The summed E-state index contributed by atoms with van der Waals surface area (Å²) in [6, 6.07) is 8.56. The van der Waals surface area contributed by atoms with Gasteiger partial charge in [0.25, 0.3) is 5.71 Å². The highest BCUT2D eigenvalue weighted by molar-refractivity contribution is 7.86. The maximum atomic E-state index is 10.7. The number of nitrogens with zero attached hydrogens (tertiary/aromatic N) is 1. The van der Waals surface area contributed by atoms with Gasteiger partial charge in [-0.3, -0.25) is 0 Å². The van der Waals surface area contributed by atoms with Crippen molar-refractivity contribution in [3.8, 4) is 11.8 Å². The van der Waals surface area contributed by atoms with Gasteiger partial charge in [0.05, 0.1) is 5.56 Å². The first kappa shape index (κ1) is 20.2. The Morgan fingerprint density at radius 3 is 2.00 bits per heavy atom. The smallest absolute Gasteiger partial charge is 0.485 e. The van der Waals surface area contributed by atoms with Gasteiger partial charge in [0, 0.05) is 11.8 Å². The highest BCUT2D eigenvalue weighted by atomic mass is 32.2. The SMILES string of the molecule is Cc1ccc(C(C#CC2CC2)=[N+](C)C)cc1.O=S(=O)([O-])C(F)(F)F. The molecule has 132 valence electrons. The molecule has 1 saturated carbocycles. The molecule has 24 heavy (non-hydrogen) atoms. The van der Waals surface area contributed by atoms with E-state index in [0.29, 0.717) is 5.92 Å². The van der Waals surface area contributed by atoms with Crippen LogP contribution in [0.1, 0.15) is 24.0 Å². The summed E-state index contributed by atoms with van der Waals surface area (Å²) in [7, 11) is -1.99. The topological polar surface area (TPSA) is 60.2 Å². The molecule has 0 heterocycles. The van der Waals surface area contributed by atoms with Crippen LogP contribution in [-0.2, 0) is 10.1 Å². The van der Waals surface area contributed by atoms with Crippen LogP contribution in [0.3, 0.4) is 0 Å². The van der Waals surface area contributed by atoms with Crippen molar-refractivity contribution < 1.29 is 30.7 Å². The maximum absolute atomic E-state index is 10.7.